The predicted octanol–water partition coefficient (Wildman–Crippen LogP) is 1.78. The average molecular weight is 623 g/mol. The summed E-state index contributed by atoms with van der Waals surface area (Å²) in [5.41, 5.74) is 5.53. The number of nitrogens with one attached hydrogen (secondary N) is 1. The number of nitrogens with zero attached hydrogens (tertiary/aromatic N) is 4. The number of nitrogens with two attached hydrogens (primary N) is 1. The Kier molecular flexibility index (Phi) is 18.9. The lowest BCUT2D eigenvalue weighted by molar-refractivity contribution is -0.152. The van der Waals surface area contributed by atoms with Crippen LogP contribution in [0.25, 0.3) is 0 Å². The van der Waals surface area contributed by atoms with Crippen LogP contribution in [0, 0.1) is 11.8 Å². The highest BCUT2D eigenvalue weighted by molar-refractivity contribution is 5.81. The van der Waals surface area contributed by atoms with Gasteiger partial charge in [0.15, 0.2) is 0 Å². The molecule has 254 valence electrons. The van der Waals surface area contributed by atoms with E-state index in [1.54, 1.807) is 0 Å². The largest absolute Gasteiger partial charge is 0.461 e. The maximum atomic E-state index is 13.3. The smallest absolute Gasteiger partial charge is 0.320 e. The number of ketones is 2. The number of hydrogen-bond donors (Lipinski definition) is 2. The van der Waals surface area contributed by atoms with Gasteiger partial charge in [0.2, 0.25) is 5.91 Å². The van der Waals surface area contributed by atoms with Crippen molar-refractivity contribution in [1.29, 1.82) is 0 Å². The van der Waals surface area contributed by atoms with Gasteiger partial charge in [0.25, 0.3) is 0 Å². The van der Waals surface area contributed by atoms with Crippen molar-refractivity contribution in [2.24, 2.45) is 17.6 Å². The van der Waals surface area contributed by atoms with Crippen molar-refractivity contribution < 1.29 is 23.9 Å². The van der Waals surface area contributed by atoms with Crippen molar-refractivity contribution in [1.82, 2.24) is 24.9 Å². The molecule has 2 unspecified atom stereocenters. The lowest BCUT2D eigenvalue weighted by Gasteiger charge is -2.31. The summed E-state index contributed by atoms with van der Waals surface area (Å²) < 4.78 is 6.07. The number of fused-ring (bicyclic) bond motifs is 2. The molecule has 2 rings (SSSR count). The summed E-state index contributed by atoms with van der Waals surface area (Å²) in [6, 6.07) is 0. The zero-order valence-electron chi connectivity index (χ0n) is 28.2. The van der Waals surface area contributed by atoms with Crippen LogP contribution >= 0.6 is 0 Å². The van der Waals surface area contributed by atoms with Crippen molar-refractivity contribution in [3.8, 4) is 0 Å². The first-order valence-corrected chi connectivity index (χ1v) is 17.3. The molecule has 3 N–H and O–H groups in total. The maximum Gasteiger partial charge on any atom is 0.320 e. The van der Waals surface area contributed by atoms with Crippen LogP contribution in [0.3, 0.4) is 0 Å². The molecule has 2 bridgehead atoms. The first-order chi connectivity index (χ1) is 21.2. The highest BCUT2D eigenvalue weighted by Crippen LogP contribution is 2.33. The van der Waals surface area contributed by atoms with Gasteiger partial charge in [-0.2, -0.15) is 0 Å². The molecule has 3 atom stereocenters. The van der Waals surface area contributed by atoms with Gasteiger partial charge >= 0.3 is 5.97 Å². The standard InChI is InChI=1S/C33H62N6O5/c1-5-36(6-2)23-29(40)20-27-11-9-12-31-22-28(19-27)21-30(41)24-37(7-3)15-17-39(26-33(43)44-31)18-16-38(8-4)25-32(42)35-14-10-13-34/h27-28,31H,5-26,34H2,1-4H3,(H,35,42)/t27?,28?,31-/m1/s1. The Morgan fingerprint density at radius 1 is 0.955 bits per heavy atom. The van der Waals surface area contributed by atoms with Gasteiger partial charge in [-0.25, -0.2) is 0 Å². The van der Waals surface area contributed by atoms with E-state index in [0.29, 0.717) is 78.2 Å². The second-order valence-corrected chi connectivity index (χ2v) is 12.7. The SMILES string of the molecule is CCN(CC)CC(=O)CC1CCC[C@@H]2CC(CC(=O)CN(CC)CCN(CCN(CC)CC(=O)NCCCN)CC(=O)O2)C1. The molecule has 1 saturated carbocycles. The summed E-state index contributed by atoms with van der Waals surface area (Å²) >= 11 is 0. The van der Waals surface area contributed by atoms with Crippen molar-refractivity contribution in [2.45, 2.75) is 85.2 Å². The van der Waals surface area contributed by atoms with E-state index in [9.17, 15) is 19.2 Å². The van der Waals surface area contributed by atoms with E-state index < -0.39 is 0 Å². The fraction of sp³-hybridized carbons (Fsp3) is 0.879. The van der Waals surface area contributed by atoms with E-state index in [1.807, 2.05) is 6.92 Å². The molecule has 1 saturated heterocycles. The number of carbonyl (C=O) groups is 4. The van der Waals surface area contributed by atoms with Gasteiger partial charge in [0, 0.05) is 45.6 Å². The monoisotopic (exact) mass is 622 g/mol. The molecule has 0 aromatic carbocycles. The zero-order chi connectivity index (χ0) is 32.3. The summed E-state index contributed by atoms with van der Waals surface area (Å²) in [5, 5.41) is 2.91. The second-order valence-electron chi connectivity index (χ2n) is 12.7. The summed E-state index contributed by atoms with van der Waals surface area (Å²) in [4.78, 5) is 60.3. The lowest BCUT2D eigenvalue weighted by atomic mass is 9.79. The number of Topliss-reactive ketones (excluding diaryl/α,β-unsaturated/α-hetero) is 2. The maximum absolute atomic E-state index is 13.3. The summed E-state index contributed by atoms with van der Waals surface area (Å²) in [7, 11) is 0. The van der Waals surface area contributed by atoms with Gasteiger partial charge in [-0.15, -0.1) is 0 Å². The van der Waals surface area contributed by atoms with Crippen LogP contribution in [0.5, 0.6) is 0 Å². The van der Waals surface area contributed by atoms with Gasteiger partial charge in [0.1, 0.15) is 17.7 Å². The van der Waals surface area contributed by atoms with Crippen LogP contribution in [-0.2, 0) is 23.9 Å². The first-order valence-electron chi connectivity index (χ1n) is 17.3. The van der Waals surface area contributed by atoms with E-state index in [-0.39, 0.29) is 47.9 Å². The predicted molar refractivity (Wildman–Crippen MR) is 174 cm³/mol. The Morgan fingerprint density at radius 2 is 1.68 bits per heavy atom. The first kappa shape index (κ1) is 38.3. The lowest BCUT2D eigenvalue weighted by Crippen LogP contribution is -2.45. The third-order valence-corrected chi connectivity index (χ3v) is 9.21. The molecule has 44 heavy (non-hydrogen) atoms. The minimum atomic E-state index is -0.225. The number of carbonyl (C=O) groups excluding carboxylic acids is 4. The molecule has 2 aliphatic rings. The van der Waals surface area contributed by atoms with Crippen LogP contribution in [-0.4, -0.2) is 141 Å². The summed E-state index contributed by atoms with van der Waals surface area (Å²) in [6.07, 6.45) is 5.67. The van der Waals surface area contributed by atoms with E-state index in [0.717, 1.165) is 58.3 Å². The fourth-order valence-corrected chi connectivity index (χ4v) is 6.52. The number of hydrogen-bond acceptors (Lipinski definition) is 10. The number of ether oxygens (including phenoxy) is 1. The van der Waals surface area contributed by atoms with Crippen LogP contribution in [0.15, 0.2) is 0 Å². The van der Waals surface area contributed by atoms with Crippen molar-refractivity contribution in [2.75, 3.05) is 91.6 Å². The number of esters is 1. The van der Waals surface area contributed by atoms with Crippen molar-refractivity contribution >= 4 is 23.4 Å². The molecule has 1 heterocycles. The molecular formula is C33H62N6O5. The number of likely N-dealkylation sites (N-methyl/N-ethyl adjacent to an activating group) is 3. The van der Waals surface area contributed by atoms with E-state index in [2.05, 4.69) is 45.7 Å². The molecule has 1 aliphatic heterocycles. The molecule has 2 fully saturated rings. The quantitative estimate of drug-likeness (QED) is 0.194. The molecule has 11 nitrogen and oxygen atoms in total. The molecule has 11 heteroatoms. The van der Waals surface area contributed by atoms with Gasteiger partial charge in [-0.05, 0) is 83.1 Å². The summed E-state index contributed by atoms with van der Waals surface area (Å²) in [6.45, 7) is 16.6. The molecule has 1 amide bonds. The topological polar surface area (TPSA) is 129 Å². The zero-order valence-corrected chi connectivity index (χ0v) is 28.2. The van der Waals surface area contributed by atoms with Gasteiger partial charge in [-0.3, -0.25) is 38.8 Å². The highest BCUT2D eigenvalue weighted by atomic mass is 16.5. The fourth-order valence-electron chi connectivity index (χ4n) is 6.52. The van der Waals surface area contributed by atoms with Gasteiger partial charge in [-0.1, -0.05) is 27.7 Å². The van der Waals surface area contributed by atoms with Crippen LogP contribution in [0.2, 0.25) is 0 Å². The minimum absolute atomic E-state index is 0.0188. The Bertz CT molecular complexity index is 870. The minimum Gasteiger partial charge on any atom is -0.461 e. The Morgan fingerprint density at radius 3 is 2.36 bits per heavy atom. The third-order valence-electron chi connectivity index (χ3n) is 9.21. The second kappa shape index (κ2) is 21.8. The molecule has 0 aromatic heterocycles. The molecule has 0 aromatic rings. The van der Waals surface area contributed by atoms with Crippen molar-refractivity contribution in [3.05, 3.63) is 0 Å². The average Bonchev–Trinajstić information content (AvgIpc) is 2.98. The van der Waals surface area contributed by atoms with E-state index in [1.165, 1.54) is 0 Å². The number of amides is 1. The third kappa shape index (κ3) is 15.4. The Hall–Kier alpha value is -1.92. The molecular weight excluding hydrogens is 560 g/mol. The molecule has 0 spiro atoms. The summed E-state index contributed by atoms with van der Waals surface area (Å²) in [5.74, 6) is 0.636. The number of rotatable bonds is 16. The van der Waals surface area contributed by atoms with Crippen LogP contribution in [0.4, 0.5) is 0 Å². The highest BCUT2D eigenvalue weighted by Gasteiger charge is 2.30. The normalized spacial score (nSPS) is 23.3. The molecule has 0 radical (unpaired) electrons. The van der Waals surface area contributed by atoms with Crippen LogP contribution < -0.4 is 11.1 Å². The molecule has 1 aliphatic carbocycles. The van der Waals surface area contributed by atoms with Crippen LogP contribution in [0.1, 0.15) is 79.1 Å². The van der Waals surface area contributed by atoms with Crippen molar-refractivity contribution in [3.63, 3.8) is 0 Å². The van der Waals surface area contributed by atoms with Gasteiger partial charge in [0.05, 0.1) is 26.2 Å². The van der Waals surface area contributed by atoms with E-state index in [4.69, 9.17) is 10.5 Å². The van der Waals surface area contributed by atoms with Gasteiger partial charge < -0.3 is 15.8 Å². The Balaban J connectivity index is 2.06. The van der Waals surface area contributed by atoms with E-state index >= 15 is 0 Å². The Labute approximate surface area is 266 Å².